The fourth-order valence-corrected chi connectivity index (χ4v) is 5.53. The van der Waals surface area contributed by atoms with E-state index in [2.05, 4.69) is 35.3 Å². The average Bonchev–Trinajstić information content (AvgIpc) is 3.13. The van der Waals surface area contributed by atoms with Gasteiger partial charge in [0.25, 0.3) is 0 Å². The largest absolute Gasteiger partial charge is 0.358 e. The number of aromatic amines is 1. The molecule has 0 unspecified atom stereocenters. The van der Waals surface area contributed by atoms with Gasteiger partial charge in [0.2, 0.25) is 10.0 Å². The molecule has 0 bridgehead atoms. The fourth-order valence-electron chi connectivity index (χ4n) is 3.99. The summed E-state index contributed by atoms with van der Waals surface area (Å²) in [5.74, 6) is 0.645. The molecule has 2 aromatic carbocycles. The van der Waals surface area contributed by atoms with Crippen LogP contribution in [-0.2, 0) is 16.4 Å². The zero-order valence-electron chi connectivity index (χ0n) is 15.5. The van der Waals surface area contributed by atoms with Gasteiger partial charge in [-0.25, -0.2) is 12.7 Å². The predicted molar refractivity (Wildman–Crippen MR) is 110 cm³/mol. The highest BCUT2D eigenvalue weighted by molar-refractivity contribution is 7.89. The van der Waals surface area contributed by atoms with E-state index >= 15 is 0 Å². The summed E-state index contributed by atoms with van der Waals surface area (Å²) in [4.78, 5) is 3.50. The van der Waals surface area contributed by atoms with E-state index in [0.717, 1.165) is 24.8 Å². The Morgan fingerprint density at radius 1 is 0.963 bits per heavy atom. The lowest BCUT2D eigenvalue weighted by molar-refractivity contribution is 0.317. The van der Waals surface area contributed by atoms with Crippen molar-refractivity contribution in [1.82, 2.24) is 9.29 Å². The SMILES string of the molecule is O=S(=O)(CCCc1ccccc1)N1CCC(c2cc3ccccc3[nH]2)CC1. The van der Waals surface area contributed by atoms with Crippen LogP contribution in [0.15, 0.2) is 60.7 Å². The Labute approximate surface area is 161 Å². The van der Waals surface area contributed by atoms with Crippen LogP contribution in [0.25, 0.3) is 10.9 Å². The second-order valence-electron chi connectivity index (χ2n) is 7.39. The third kappa shape index (κ3) is 4.25. The summed E-state index contributed by atoms with van der Waals surface area (Å²) < 4.78 is 27.0. The van der Waals surface area contributed by atoms with Gasteiger partial charge in [0.05, 0.1) is 5.75 Å². The Hall–Kier alpha value is -2.11. The summed E-state index contributed by atoms with van der Waals surface area (Å²) in [6, 6.07) is 20.6. The molecule has 0 spiro atoms. The van der Waals surface area contributed by atoms with E-state index in [1.165, 1.54) is 16.6 Å². The molecule has 2 heterocycles. The molecule has 5 heteroatoms. The highest BCUT2D eigenvalue weighted by atomic mass is 32.2. The number of sulfonamides is 1. The summed E-state index contributed by atoms with van der Waals surface area (Å²) in [5, 5.41) is 1.23. The van der Waals surface area contributed by atoms with E-state index in [1.807, 2.05) is 30.3 Å². The first-order valence-electron chi connectivity index (χ1n) is 9.71. The molecule has 0 atom stereocenters. The fraction of sp³-hybridized carbons (Fsp3) is 0.364. The summed E-state index contributed by atoms with van der Waals surface area (Å²) in [6.07, 6.45) is 3.25. The van der Waals surface area contributed by atoms with Crippen LogP contribution in [0.3, 0.4) is 0 Å². The Bertz CT molecular complexity index is 954. The smallest absolute Gasteiger partial charge is 0.214 e. The van der Waals surface area contributed by atoms with Gasteiger partial charge in [0.15, 0.2) is 0 Å². The Balaban J connectivity index is 1.32. The maximum absolute atomic E-state index is 12.7. The first-order chi connectivity index (χ1) is 13.1. The van der Waals surface area contributed by atoms with Crippen molar-refractivity contribution in [3.05, 3.63) is 71.9 Å². The Morgan fingerprint density at radius 3 is 2.41 bits per heavy atom. The Kier molecular flexibility index (Phi) is 5.32. The van der Waals surface area contributed by atoms with Crippen LogP contribution >= 0.6 is 0 Å². The zero-order chi connectivity index (χ0) is 18.7. The van der Waals surface area contributed by atoms with Crippen LogP contribution < -0.4 is 0 Å². The summed E-state index contributed by atoms with van der Waals surface area (Å²) in [7, 11) is -3.16. The highest BCUT2D eigenvalue weighted by Gasteiger charge is 2.28. The predicted octanol–water partition coefficient (Wildman–Crippen LogP) is 4.31. The summed E-state index contributed by atoms with van der Waals surface area (Å²) in [6.45, 7) is 1.24. The molecular weight excluding hydrogens is 356 g/mol. The van der Waals surface area contributed by atoms with Crippen LogP contribution in [0.1, 0.15) is 36.4 Å². The number of para-hydroxylation sites is 1. The number of fused-ring (bicyclic) bond motifs is 1. The van der Waals surface area contributed by atoms with Crippen LogP contribution in [0, 0.1) is 0 Å². The lowest BCUT2D eigenvalue weighted by atomic mass is 9.95. The molecule has 27 heavy (non-hydrogen) atoms. The number of benzene rings is 2. The molecule has 0 aliphatic carbocycles. The van der Waals surface area contributed by atoms with Gasteiger partial charge in [0, 0.05) is 30.2 Å². The molecule has 1 N–H and O–H groups in total. The third-order valence-corrected chi connectivity index (χ3v) is 7.51. The van der Waals surface area contributed by atoms with Crippen LogP contribution in [0.4, 0.5) is 0 Å². The van der Waals surface area contributed by atoms with Crippen molar-refractivity contribution in [2.24, 2.45) is 0 Å². The van der Waals surface area contributed by atoms with Gasteiger partial charge in [0.1, 0.15) is 0 Å². The van der Waals surface area contributed by atoms with E-state index in [0.29, 0.717) is 25.4 Å². The van der Waals surface area contributed by atoms with Gasteiger partial charge in [-0.3, -0.25) is 0 Å². The molecule has 1 aromatic heterocycles. The molecule has 1 aliphatic rings. The monoisotopic (exact) mass is 382 g/mol. The van der Waals surface area contributed by atoms with Crippen LogP contribution in [0.2, 0.25) is 0 Å². The third-order valence-electron chi connectivity index (χ3n) is 5.55. The highest BCUT2D eigenvalue weighted by Crippen LogP contribution is 2.31. The van der Waals surface area contributed by atoms with Crippen molar-refractivity contribution < 1.29 is 8.42 Å². The average molecular weight is 383 g/mol. The molecule has 0 amide bonds. The van der Waals surface area contributed by atoms with Crippen molar-refractivity contribution in [3.63, 3.8) is 0 Å². The molecule has 1 aliphatic heterocycles. The molecule has 0 saturated carbocycles. The topological polar surface area (TPSA) is 53.2 Å². The van der Waals surface area contributed by atoms with Gasteiger partial charge >= 0.3 is 0 Å². The minimum Gasteiger partial charge on any atom is -0.358 e. The van der Waals surface area contributed by atoms with E-state index in [-0.39, 0.29) is 5.75 Å². The summed E-state index contributed by atoms with van der Waals surface area (Å²) >= 11 is 0. The number of H-pyrrole nitrogens is 1. The molecule has 4 rings (SSSR count). The first-order valence-corrected chi connectivity index (χ1v) is 11.3. The minimum atomic E-state index is -3.16. The van der Waals surface area contributed by atoms with Crippen LogP contribution in [-0.4, -0.2) is 36.5 Å². The number of hydrogen-bond acceptors (Lipinski definition) is 2. The van der Waals surface area contributed by atoms with Crippen molar-refractivity contribution in [3.8, 4) is 0 Å². The van der Waals surface area contributed by atoms with Crippen LogP contribution in [0.5, 0.6) is 0 Å². The maximum Gasteiger partial charge on any atom is 0.214 e. The second-order valence-corrected chi connectivity index (χ2v) is 9.48. The lowest BCUT2D eigenvalue weighted by Gasteiger charge is -2.30. The molecule has 3 aromatic rings. The standard InChI is InChI=1S/C22H26N2O2S/c25-27(26,16-6-9-18-7-2-1-3-8-18)24-14-12-19(13-15-24)22-17-20-10-4-5-11-21(20)23-22/h1-5,7-8,10-11,17,19,23H,6,9,12-16H2. The number of piperidine rings is 1. The van der Waals surface area contributed by atoms with Gasteiger partial charge in [-0.1, -0.05) is 48.5 Å². The number of nitrogens with one attached hydrogen (secondary N) is 1. The van der Waals surface area contributed by atoms with Crippen molar-refractivity contribution in [2.45, 2.75) is 31.6 Å². The van der Waals surface area contributed by atoms with Gasteiger partial charge in [-0.05, 0) is 48.8 Å². The number of aryl methyl sites for hydroxylation is 1. The quantitative estimate of drug-likeness (QED) is 0.691. The van der Waals surface area contributed by atoms with Crippen molar-refractivity contribution in [1.29, 1.82) is 0 Å². The summed E-state index contributed by atoms with van der Waals surface area (Å²) in [5.41, 5.74) is 3.59. The normalized spacial score (nSPS) is 16.7. The molecule has 0 radical (unpaired) electrons. The van der Waals surface area contributed by atoms with Gasteiger partial charge in [-0.2, -0.15) is 0 Å². The van der Waals surface area contributed by atoms with Crippen molar-refractivity contribution in [2.75, 3.05) is 18.8 Å². The Morgan fingerprint density at radius 2 is 1.67 bits per heavy atom. The molecule has 4 nitrogen and oxygen atoms in total. The van der Waals surface area contributed by atoms with E-state index < -0.39 is 10.0 Å². The van der Waals surface area contributed by atoms with Gasteiger partial charge in [-0.15, -0.1) is 0 Å². The van der Waals surface area contributed by atoms with E-state index in [4.69, 9.17) is 0 Å². The maximum atomic E-state index is 12.7. The number of rotatable bonds is 6. The molecule has 1 fully saturated rings. The van der Waals surface area contributed by atoms with E-state index in [1.54, 1.807) is 4.31 Å². The van der Waals surface area contributed by atoms with Crippen molar-refractivity contribution >= 4 is 20.9 Å². The zero-order valence-corrected chi connectivity index (χ0v) is 16.3. The first kappa shape index (κ1) is 18.3. The molecule has 142 valence electrons. The number of aromatic nitrogens is 1. The lowest BCUT2D eigenvalue weighted by Crippen LogP contribution is -2.39. The number of nitrogens with zero attached hydrogens (tertiary/aromatic N) is 1. The van der Waals surface area contributed by atoms with Gasteiger partial charge < -0.3 is 4.98 Å². The molecular formula is C22H26N2O2S. The second kappa shape index (κ2) is 7.87. The van der Waals surface area contributed by atoms with E-state index in [9.17, 15) is 8.42 Å². The molecule has 1 saturated heterocycles. The number of hydrogen-bond donors (Lipinski definition) is 1. The minimum absolute atomic E-state index is 0.235.